The van der Waals surface area contributed by atoms with Gasteiger partial charge in [0.2, 0.25) is 0 Å². The zero-order valence-electron chi connectivity index (χ0n) is 22.0. The first kappa shape index (κ1) is 25.7. The van der Waals surface area contributed by atoms with E-state index >= 15 is 0 Å². The van der Waals surface area contributed by atoms with E-state index in [1.54, 1.807) is 0 Å². The molecule has 0 amide bonds. The van der Waals surface area contributed by atoms with Crippen molar-refractivity contribution < 1.29 is 0 Å². The number of hydrogen-bond donors (Lipinski definition) is 0. The van der Waals surface area contributed by atoms with Crippen LogP contribution in [0.15, 0.2) is 48.5 Å². The molecule has 0 aliphatic carbocycles. The van der Waals surface area contributed by atoms with Gasteiger partial charge in [-0.25, -0.2) is 9.97 Å². The third kappa shape index (κ3) is 7.29. The molecule has 0 aromatic heterocycles. The molecule has 2 heterocycles. The summed E-state index contributed by atoms with van der Waals surface area (Å²) in [6.07, 6.45) is 22.4. The molecule has 0 saturated carbocycles. The first-order valence-electron chi connectivity index (χ1n) is 14.5. The van der Waals surface area contributed by atoms with Crippen LogP contribution in [0.1, 0.15) is 110 Å². The molecule has 0 fully saturated rings. The van der Waals surface area contributed by atoms with Crippen molar-refractivity contribution in [2.45, 2.75) is 116 Å². The molecular formula is C32H45N3. The first-order chi connectivity index (χ1) is 17.4. The second-order valence-corrected chi connectivity index (χ2v) is 10.4. The van der Waals surface area contributed by atoms with Gasteiger partial charge in [0, 0.05) is 11.9 Å². The van der Waals surface area contributed by atoms with Gasteiger partial charge in [-0.15, -0.1) is 0 Å². The summed E-state index contributed by atoms with van der Waals surface area (Å²) in [6.45, 7) is 3.31. The Morgan fingerprint density at radius 2 is 1.06 bits per heavy atom. The second kappa shape index (κ2) is 14.2. The zero-order chi connectivity index (χ0) is 24.1. The topological polar surface area (TPSA) is 30.7 Å². The predicted molar refractivity (Wildman–Crippen MR) is 151 cm³/mol. The van der Waals surface area contributed by atoms with Crippen molar-refractivity contribution in [1.29, 1.82) is 0 Å². The Morgan fingerprint density at radius 1 is 0.543 bits per heavy atom. The summed E-state index contributed by atoms with van der Waals surface area (Å²) in [5.41, 5.74) is 4.35. The average Bonchev–Trinajstić information content (AvgIpc) is 3.26. The summed E-state index contributed by atoms with van der Waals surface area (Å²) in [7, 11) is 0. The van der Waals surface area contributed by atoms with E-state index in [0.717, 1.165) is 34.5 Å². The van der Waals surface area contributed by atoms with Gasteiger partial charge in [0.25, 0.3) is 0 Å². The molecule has 0 N–H and O–H groups in total. The van der Waals surface area contributed by atoms with Crippen molar-refractivity contribution in [3.05, 3.63) is 48.5 Å². The number of rotatable bonds is 17. The highest BCUT2D eigenvalue weighted by Gasteiger charge is 2.18. The fourth-order valence-electron chi connectivity index (χ4n) is 5.42. The molecule has 2 aliphatic heterocycles. The molecule has 0 atom stereocenters. The highest BCUT2D eigenvalue weighted by atomic mass is 15.1. The summed E-state index contributed by atoms with van der Waals surface area (Å²) in [5.74, 6) is 1.03. The Balaban J connectivity index is 1.14. The molecule has 0 radical (unpaired) electrons. The van der Waals surface area contributed by atoms with Crippen LogP contribution in [0.25, 0.3) is 33.5 Å². The molecular weight excluding hydrogens is 426 g/mol. The Morgan fingerprint density at radius 3 is 1.69 bits per heavy atom. The summed E-state index contributed by atoms with van der Waals surface area (Å²) in [6, 6.07) is 16.9. The Bertz CT molecular complexity index is 1110. The minimum absolute atomic E-state index is 1.02. The largest absolute Gasteiger partial charge is 0.323 e. The smallest absolute Gasteiger partial charge is 0.160 e. The van der Waals surface area contributed by atoms with Crippen molar-refractivity contribution in [1.82, 2.24) is 14.5 Å². The van der Waals surface area contributed by atoms with Crippen molar-refractivity contribution in [2.75, 3.05) is 0 Å². The molecule has 188 valence electrons. The third-order valence-electron chi connectivity index (χ3n) is 7.49. The number of aromatic nitrogens is 3. The maximum absolute atomic E-state index is 4.97. The number of hydrogen-bond acceptors (Lipinski definition) is 2. The van der Waals surface area contributed by atoms with Gasteiger partial charge in [-0.05, 0) is 24.6 Å². The highest BCUT2D eigenvalue weighted by molar-refractivity contribution is 5.97. The van der Waals surface area contributed by atoms with Gasteiger partial charge in [0.05, 0.1) is 16.6 Å². The lowest BCUT2D eigenvalue weighted by Crippen LogP contribution is -2.07. The molecule has 0 bridgehead atoms. The first-order valence-corrected chi connectivity index (χ1v) is 14.5. The third-order valence-corrected chi connectivity index (χ3v) is 7.49. The van der Waals surface area contributed by atoms with Crippen LogP contribution >= 0.6 is 0 Å². The SMILES string of the molecule is CCCCCCCCCCCCCCCCCCn1c2nc3ccccc3c-2nc2ccccc21. The second-order valence-electron chi connectivity index (χ2n) is 10.4. The molecule has 35 heavy (non-hydrogen) atoms. The molecule has 3 nitrogen and oxygen atoms in total. The highest BCUT2D eigenvalue weighted by Crippen LogP contribution is 2.32. The van der Waals surface area contributed by atoms with Crippen molar-refractivity contribution in [3.8, 4) is 11.5 Å². The van der Waals surface area contributed by atoms with Crippen LogP contribution in [0.3, 0.4) is 0 Å². The van der Waals surface area contributed by atoms with E-state index in [0.29, 0.717) is 0 Å². The van der Waals surface area contributed by atoms with E-state index in [1.165, 1.54) is 108 Å². The van der Waals surface area contributed by atoms with Crippen molar-refractivity contribution in [3.63, 3.8) is 0 Å². The molecule has 3 heteroatoms. The fourth-order valence-corrected chi connectivity index (χ4v) is 5.42. The lowest BCUT2D eigenvalue weighted by molar-refractivity contribution is 0.522. The standard InChI is InChI=1S/C32H45N3/c1-2-3-4-5-6-7-8-9-10-11-12-13-14-15-16-21-26-35-30-25-20-19-24-29(30)33-31-27-22-17-18-23-28(27)34-32(31)35/h17-20,22-25H,2-16,21,26H2,1H3. The van der Waals surface area contributed by atoms with Gasteiger partial charge in [-0.3, -0.25) is 0 Å². The molecule has 0 spiro atoms. The monoisotopic (exact) mass is 471 g/mol. The molecule has 2 aromatic carbocycles. The lowest BCUT2D eigenvalue weighted by Gasteiger charge is -2.15. The van der Waals surface area contributed by atoms with Crippen LogP contribution in [0.4, 0.5) is 0 Å². The fraction of sp³-hybridized carbons (Fsp3) is 0.562. The lowest BCUT2D eigenvalue weighted by atomic mass is 10.0. The van der Waals surface area contributed by atoms with Crippen LogP contribution in [0.2, 0.25) is 0 Å². The van der Waals surface area contributed by atoms with E-state index in [9.17, 15) is 0 Å². The van der Waals surface area contributed by atoms with Crippen LogP contribution in [-0.2, 0) is 6.54 Å². The molecule has 0 unspecified atom stereocenters. The van der Waals surface area contributed by atoms with Gasteiger partial charge in [0.1, 0.15) is 5.69 Å². The predicted octanol–water partition coefficient (Wildman–Crippen LogP) is 9.95. The number of benzene rings is 2. The van der Waals surface area contributed by atoms with Gasteiger partial charge in [0.15, 0.2) is 5.82 Å². The zero-order valence-corrected chi connectivity index (χ0v) is 22.0. The molecule has 2 aromatic rings. The summed E-state index contributed by atoms with van der Waals surface area (Å²) in [4.78, 5) is 9.93. The number of para-hydroxylation sites is 3. The normalized spacial score (nSPS) is 11.8. The van der Waals surface area contributed by atoms with E-state index in [4.69, 9.17) is 9.97 Å². The van der Waals surface area contributed by atoms with Crippen molar-refractivity contribution in [2.24, 2.45) is 0 Å². The maximum atomic E-state index is 4.97. The van der Waals surface area contributed by atoms with Gasteiger partial charge >= 0.3 is 0 Å². The number of aryl methyl sites for hydroxylation is 1. The van der Waals surface area contributed by atoms with Crippen LogP contribution < -0.4 is 0 Å². The minimum atomic E-state index is 1.02. The Labute approximate surface area is 212 Å². The number of nitrogens with zero attached hydrogens (tertiary/aromatic N) is 3. The van der Waals surface area contributed by atoms with E-state index < -0.39 is 0 Å². The molecule has 2 aliphatic rings. The Hall–Kier alpha value is -2.42. The van der Waals surface area contributed by atoms with Crippen LogP contribution in [0, 0.1) is 0 Å². The Kier molecular flexibility index (Phi) is 10.4. The number of fused-ring (bicyclic) bond motifs is 4. The molecule has 4 rings (SSSR count). The number of unbranched alkanes of at least 4 members (excludes halogenated alkanes) is 15. The van der Waals surface area contributed by atoms with E-state index in [1.807, 2.05) is 0 Å². The molecule has 0 saturated heterocycles. The minimum Gasteiger partial charge on any atom is -0.323 e. The quantitative estimate of drug-likeness (QED) is 0.143. The van der Waals surface area contributed by atoms with E-state index in [-0.39, 0.29) is 0 Å². The summed E-state index contributed by atoms with van der Waals surface area (Å²) in [5, 5.41) is 1.16. The maximum Gasteiger partial charge on any atom is 0.160 e. The summed E-state index contributed by atoms with van der Waals surface area (Å²) < 4.78 is 2.40. The van der Waals surface area contributed by atoms with E-state index in [2.05, 4.69) is 60.0 Å². The van der Waals surface area contributed by atoms with Gasteiger partial charge < -0.3 is 4.57 Å². The average molecular weight is 472 g/mol. The summed E-state index contributed by atoms with van der Waals surface area (Å²) >= 11 is 0. The van der Waals surface area contributed by atoms with Crippen LogP contribution in [0.5, 0.6) is 0 Å². The van der Waals surface area contributed by atoms with Crippen LogP contribution in [-0.4, -0.2) is 14.5 Å². The van der Waals surface area contributed by atoms with Gasteiger partial charge in [-0.2, -0.15) is 0 Å². The van der Waals surface area contributed by atoms with Crippen molar-refractivity contribution >= 4 is 21.9 Å². The van der Waals surface area contributed by atoms with Gasteiger partial charge in [-0.1, -0.05) is 134 Å².